The number of methoxy groups -OCH3 is 1. The summed E-state index contributed by atoms with van der Waals surface area (Å²) in [5.41, 5.74) is 0.154. The molecular formula is C19H20FN5O5S3. The molecule has 176 valence electrons. The van der Waals surface area contributed by atoms with Crippen LogP contribution in [0, 0.1) is 5.13 Å². The van der Waals surface area contributed by atoms with Crippen molar-refractivity contribution in [1.29, 1.82) is 0 Å². The SMILES string of the molecule is COCCN(C)S(=O)(=O)c1ccc(/C(=N\OCc2nccs2)C(=O)Nc2ncc(F)s2)cc1. The fourth-order valence-electron chi connectivity index (χ4n) is 2.47. The molecule has 0 saturated heterocycles. The topological polar surface area (TPSA) is 123 Å². The molecule has 3 rings (SSSR count). The lowest BCUT2D eigenvalue weighted by Gasteiger charge is -2.17. The molecule has 2 heterocycles. The Morgan fingerprint density at radius 1 is 1.27 bits per heavy atom. The van der Waals surface area contributed by atoms with Crippen LogP contribution < -0.4 is 5.32 Å². The summed E-state index contributed by atoms with van der Waals surface area (Å²) in [5, 5.41) is 8.29. The molecule has 0 bridgehead atoms. The van der Waals surface area contributed by atoms with Gasteiger partial charge in [0.15, 0.2) is 22.6 Å². The van der Waals surface area contributed by atoms with E-state index in [-0.39, 0.29) is 35.5 Å². The summed E-state index contributed by atoms with van der Waals surface area (Å²) in [4.78, 5) is 25.9. The number of oxime groups is 1. The van der Waals surface area contributed by atoms with Crippen molar-refractivity contribution >= 4 is 49.4 Å². The standard InChI is InChI=1S/C19H20FN5O5S3/c1-25(8-9-29-2)33(27,28)14-5-3-13(4-6-14)17(24-30-12-16-21-7-10-31-16)18(26)23-19-22-11-15(20)32-19/h3-7,10-11H,8-9,12H2,1-2H3,(H,22,23,26)/b24-17+. The summed E-state index contributed by atoms with van der Waals surface area (Å²) in [6, 6.07) is 5.59. The quantitative estimate of drug-likeness (QED) is 0.309. The van der Waals surface area contributed by atoms with Crippen LogP contribution in [0.25, 0.3) is 0 Å². The zero-order chi connectivity index (χ0) is 23.8. The molecule has 3 aromatic rings. The highest BCUT2D eigenvalue weighted by Crippen LogP contribution is 2.19. The second-order valence-electron chi connectivity index (χ2n) is 6.41. The van der Waals surface area contributed by atoms with Gasteiger partial charge in [0.25, 0.3) is 5.91 Å². The first-order valence-corrected chi connectivity index (χ1v) is 12.5. The minimum atomic E-state index is -3.74. The minimum absolute atomic E-state index is 0.0373. The zero-order valence-electron chi connectivity index (χ0n) is 17.6. The lowest BCUT2D eigenvalue weighted by atomic mass is 10.1. The zero-order valence-corrected chi connectivity index (χ0v) is 20.0. The number of anilines is 1. The van der Waals surface area contributed by atoms with E-state index in [0.29, 0.717) is 21.9 Å². The van der Waals surface area contributed by atoms with Gasteiger partial charge in [0.05, 0.1) is 17.7 Å². The van der Waals surface area contributed by atoms with Crippen LogP contribution in [0.5, 0.6) is 0 Å². The molecule has 0 unspecified atom stereocenters. The van der Waals surface area contributed by atoms with Crippen LogP contribution in [0.1, 0.15) is 10.6 Å². The lowest BCUT2D eigenvalue weighted by molar-refractivity contribution is -0.110. The maximum absolute atomic E-state index is 13.2. The summed E-state index contributed by atoms with van der Waals surface area (Å²) >= 11 is 2.02. The Kier molecular flexibility index (Phi) is 8.57. The van der Waals surface area contributed by atoms with Crippen LogP contribution in [0.4, 0.5) is 9.52 Å². The molecule has 0 radical (unpaired) electrons. The van der Waals surface area contributed by atoms with Gasteiger partial charge in [-0.25, -0.2) is 18.4 Å². The number of sulfonamides is 1. The number of hydrogen-bond acceptors (Lipinski definition) is 10. The highest BCUT2D eigenvalue weighted by atomic mass is 32.2. The van der Waals surface area contributed by atoms with E-state index in [2.05, 4.69) is 20.4 Å². The Morgan fingerprint density at radius 3 is 2.64 bits per heavy atom. The van der Waals surface area contributed by atoms with Crippen LogP contribution in [0.15, 0.2) is 52.1 Å². The molecule has 1 amide bonds. The molecule has 0 aliphatic heterocycles. The molecule has 1 N–H and O–H groups in total. The summed E-state index contributed by atoms with van der Waals surface area (Å²) in [6.45, 7) is 0.473. The fourth-order valence-corrected chi connectivity index (χ4v) is 4.69. The second kappa shape index (κ2) is 11.4. The van der Waals surface area contributed by atoms with Gasteiger partial charge in [0, 0.05) is 37.8 Å². The number of carbonyl (C=O) groups is 1. The largest absolute Gasteiger partial charge is 0.388 e. The first kappa shape index (κ1) is 24.9. The van der Waals surface area contributed by atoms with Gasteiger partial charge in [-0.15, -0.1) is 11.3 Å². The monoisotopic (exact) mass is 513 g/mol. The summed E-state index contributed by atoms with van der Waals surface area (Å²) in [5.74, 6) is -0.698. The Hall–Kier alpha value is -2.78. The molecule has 10 nitrogen and oxygen atoms in total. The number of carbonyl (C=O) groups excluding carboxylic acids is 1. The van der Waals surface area contributed by atoms with Gasteiger partial charge in [-0.1, -0.05) is 28.6 Å². The molecule has 0 aliphatic rings. The van der Waals surface area contributed by atoms with Gasteiger partial charge in [0.2, 0.25) is 10.0 Å². The summed E-state index contributed by atoms with van der Waals surface area (Å²) in [7, 11) is -0.811. The van der Waals surface area contributed by atoms with Gasteiger partial charge in [-0.05, 0) is 12.1 Å². The number of benzene rings is 1. The van der Waals surface area contributed by atoms with E-state index in [9.17, 15) is 17.6 Å². The number of hydrogen-bond donors (Lipinski definition) is 1. The average molecular weight is 514 g/mol. The van der Waals surface area contributed by atoms with Crippen molar-refractivity contribution in [2.45, 2.75) is 11.5 Å². The van der Waals surface area contributed by atoms with Crippen molar-refractivity contribution in [2.75, 3.05) is 32.6 Å². The van der Waals surface area contributed by atoms with E-state index in [1.807, 2.05) is 0 Å². The van der Waals surface area contributed by atoms with Crippen LogP contribution in [-0.2, 0) is 31.0 Å². The first-order valence-electron chi connectivity index (χ1n) is 9.38. The van der Waals surface area contributed by atoms with Crippen molar-refractivity contribution in [3.63, 3.8) is 0 Å². The average Bonchev–Trinajstić information content (AvgIpc) is 3.46. The van der Waals surface area contributed by atoms with E-state index in [1.165, 1.54) is 54.1 Å². The van der Waals surface area contributed by atoms with Crippen molar-refractivity contribution in [2.24, 2.45) is 5.16 Å². The lowest BCUT2D eigenvalue weighted by Crippen LogP contribution is -2.30. The predicted molar refractivity (Wildman–Crippen MR) is 122 cm³/mol. The number of halogens is 1. The highest BCUT2D eigenvalue weighted by Gasteiger charge is 2.22. The molecule has 2 aromatic heterocycles. The van der Waals surface area contributed by atoms with Crippen molar-refractivity contribution in [1.82, 2.24) is 14.3 Å². The molecular weight excluding hydrogens is 493 g/mol. The van der Waals surface area contributed by atoms with Crippen LogP contribution >= 0.6 is 22.7 Å². The van der Waals surface area contributed by atoms with E-state index in [0.717, 1.165) is 6.20 Å². The summed E-state index contributed by atoms with van der Waals surface area (Å²) in [6.07, 6.45) is 2.59. The second-order valence-corrected chi connectivity index (χ2v) is 10.4. The van der Waals surface area contributed by atoms with Crippen LogP contribution in [0.3, 0.4) is 0 Å². The maximum Gasteiger partial charge on any atom is 0.280 e. The molecule has 0 aliphatic carbocycles. The normalized spacial score (nSPS) is 12.2. The van der Waals surface area contributed by atoms with Crippen LogP contribution in [-0.4, -0.2) is 61.6 Å². The molecule has 0 fully saturated rings. The van der Waals surface area contributed by atoms with Crippen molar-refractivity contribution < 1.29 is 27.2 Å². The number of nitrogens with zero attached hydrogens (tertiary/aromatic N) is 4. The van der Waals surface area contributed by atoms with E-state index in [1.54, 1.807) is 11.6 Å². The molecule has 0 atom stereocenters. The maximum atomic E-state index is 13.2. The third kappa shape index (κ3) is 6.61. The van der Waals surface area contributed by atoms with E-state index < -0.39 is 21.1 Å². The molecule has 0 spiro atoms. The molecule has 33 heavy (non-hydrogen) atoms. The predicted octanol–water partition coefficient (Wildman–Crippen LogP) is 2.57. The highest BCUT2D eigenvalue weighted by molar-refractivity contribution is 7.89. The molecule has 0 saturated carbocycles. The number of ether oxygens (including phenoxy) is 1. The molecule has 1 aromatic carbocycles. The fraction of sp³-hybridized carbons (Fsp3) is 0.263. The van der Waals surface area contributed by atoms with Gasteiger partial charge < -0.3 is 9.57 Å². The smallest absolute Gasteiger partial charge is 0.280 e. The third-order valence-electron chi connectivity index (χ3n) is 4.19. The first-order chi connectivity index (χ1) is 15.8. The number of nitrogens with one attached hydrogen (secondary N) is 1. The number of amides is 1. The Morgan fingerprint density at radius 2 is 2.03 bits per heavy atom. The number of thiazole rings is 2. The number of likely N-dealkylation sites (N-methyl/N-ethyl adjacent to an activating group) is 1. The Bertz CT molecular complexity index is 1200. The van der Waals surface area contributed by atoms with E-state index in [4.69, 9.17) is 9.57 Å². The number of rotatable bonds is 11. The van der Waals surface area contributed by atoms with Crippen molar-refractivity contribution in [3.8, 4) is 0 Å². The van der Waals surface area contributed by atoms with Crippen LogP contribution in [0.2, 0.25) is 0 Å². The molecule has 14 heteroatoms. The number of aromatic nitrogens is 2. The third-order valence-corrected chi connectivity index (χ3v) is 7.51. The van der Waals surface area contributed by atoms with Crippen molar-refractivity contribution in [3.05, 3.63) is 57.7 Å². The Balaban J connectivity index is 1.83. The van der Waals surface area contributed by atoms with E-state index >= 15 is 0 Å². The van der Waals surface area contributed by atoms with Gasteiger partial charge >= 0.3 is 0 Å². The van der Waals surface area contributed by atoms with Gasteiger partial charge in [-0.2, -0.15) is 8.70 Å². The minimum Gasteiger partial charge on any atom is -0.388 e. The summed E-state index contributed by atoms with van der Waals surface area (Å²) < 4.78 is 44.7. The Labute approximate surface area is 197 Å². The van der Waals surface area contributed by atoms with Gasteiger partial charge in [-0.3, -0.25) is 10.1 Å². The van der Waals surface area contributed by atoms with Gasteiger partial charge in [0.1, 0.15) is 5.01 Å².